The van der Waals surface area contributed by atoms with Crippen molar-refractivity contribution in [3.63, 3.8) is 0 Å². The molecule has 0 heterocycles. The van der Waals surface area contributed by atoms with Gasteiger partial charge in [-0.2, -0.15) is 0 Å². The van der Waals surface area contributed by atoms with Crippen LogP contribution < -0.4 is 0 Å². The second-order valence-corrected chi connectivity index (χ2v) is 10.4. The van der Waals surface area contributed by atoms with Gasteiger partial charge in [0.15, 0.2) is 0 Å². The fraction of sp³-hybridized carbons (Fsp3) is 0. The number of hydrogen-bond acceptors (Lipinski definition) is 0. The van der Waals surface area contributed by atoms with E-state index in [1.807, 2.05) is 0 Å². The van der Waals surface area contributed by atoms with E-state index >= 15 is 0 Å². The summed E-state index contributed by atoms with van der Waals surface area (Å²) in [7, 11) is 0. The van der Waals surface area contributed by atoms with Crippen LogP contribution in [-0.4, -0.2) is 0 Å². The van der Waals surface area contributed by atoms with Gasteiger partial charge in [-0.15, -0.1) is 0 Å². The number of benzene rings is 7. The maximum absolute atomic E-state index is 2.32. The van der Waals surface area contributed by atoms with Gasteiger partial charge in [-0.25, -0.2) is 0 Å². The van der Waals surface area contributed by atoms with Gasteiger partial charge in [0.1, 0.15) is 0 Å². The van der Waals surface area contributed by atoms with E-state index in [4.69, 9.17) is 0 Å². The number of fused-ring (bicyclic) bond motifs is 3. The molecule has 186 valence electrons. The van der Waals surface area contributed by atoms with Gasteiger partial charge < -0.3 is 0 Å². The average Bonchev–Trinajstić information content (AvgIpc) is 3.37. The van der Waals surface area contributed by atoms with Crippen LogP contribution in [0.15, 0.2) is 158 Å². The molecule has 0 saturated heterocycles. The molecule has 0 unspecified atom stereocenters. The molecular weight excluding hydrogens is 480 g/mol. The van der Waals surface area contributed by atoms with Crippen molar-refractivity contribution in [2.24, 2.45) is 0 Å². The molecular formula is C40H26. The lowest BCUT2D eigenvalue weighted by atomic mass is 9.76. The molecule has 7 aromatic rings. The Hall–Kier alpha value is -5.20. The third kappa shape index (κ3) is 3.40. The Kier molecular flexibility index (Phi) is 5.24. The van der Waals surface area contributed by atoms with E-state index < -0.39 is 0 Å². The summed E-state index contributed by atoms with van der Waals surface area (Å²) in [5, 5.41) is 2.63. The molecule has 0 amide bonds. The predicted molar refractivity (Wildman–Crippen MR) is 170 cm³/mol. The highest BCUT2D eigenvalue weighted by atomic mass is 14.4. The summed E-state index contributed by atoms with van der Waals surface area (Å²) in [6.45, 7) is 0. The SMILES string of the molecule is c1ccc(-c2c(-c3ccccc3)c(-c3ccccc3)c3c(c2-c2ccccc2)-c2cccc4cccc-3c24)cc1. The van der Waals surface area contributed by atoms with E-state index in [1.54, 1.807) is 0 Å². The van der Waals surface area contributed by atoms with Crippen LogP contribution in [0.2, 0.25) is 0 Å². The number of rotatable bonds is 4. The summed E-state index contributed by atoms with van der Waals surface area (Å²) in [6.07, 6.45) is 0. The Morgan fingerprint density at radius 2 is 0.525 bits per heavy atom. The quantitative estimate of drug-likeness (QED) is 0.223. The largest absolute Gasteiger partial charge is 0.0622 e. The van der Waals surface area contributed by atoms with Crippen LogP contribution in [0.3, 0.4) is 0 Å². The summed E-state index contributed by atoms with van der Waals surface area (Å²) in [6, 6.07) is 57.3. The van der Waals surface area contributed by atoms with Crippen LogP contribution in [0.5, 0.6) is 0 Å². The lowest BCUT2D eigenvalue weighted by Crippen LogP contribution is -1.99. The van der Waals surface area contributed by atoms with Gasteiger partial charge in [0.25, 0.3) is 0 Å². The first-order valence-electron chi connectivity index (χ1n) is 13.9. The molecule has 0 fully saturated rings. The Balaban J connectivity index is 1.69. The zero-order chi connectivity index (χ0) is 26.5. The average molecular weight is 507 g/mol. The molecule has 1 aliphatic rings. The van der Waals surface area contributed by atoms with Crippen molar-refractivity contribution in [3.05, 3.63) is 158 Å². The Morgan fingerprint density at radius 1 is 0.225 bits per heavy atom. The first kappa shape index (κ1) is 22.8. The molecule has 0 nitrogen and oxygen atoms in total. The molecule has 0 atom stereocenters. The van der Waals surface area contributed by atoms with Gasteiger partial charge in [0, 0.05) is 0 Å². The van der Waals surface area contributed by atoms with Crippen molar-refractivity contribution in [3.8, 4) is 66.8 Å². The minimum Gasteiger partial charge on any atom is -0.0622 e. The smallest absolute Gasteiger partial charge is 0.000719 e. The first-order valence-corrected chi connectivity index (χ1v) is 13.9. The summed E-state index contributed by atoms with van der Waals surface area (Å²) in [5.74, 6) is 0. The zero-order valence-electron chi connectivity index (χ0n) is 22.0. The molecule has 0 radical (unpaired) electrons. The maximum atomic E-state index is 2.32. The van der Waals surface area contributed by atoms with E-state index in [9.17, 15) is 0 Å². The van der Waals surface area contributed by atoms with Gasteiger partial charge in [0.05, 0.1) is 0 Å². The fourth-order valence-electron chi connectivity index (χ4n) is 6.62. The summed E-state index contributed by atoms with van der Waals surface area (Å²) in [5.41, 5.74) is 15.4. The third-order valence-electron chi connectivity index (χ3n) is 8.19. The van der Waals surface area contributed by atoms with Crippen molar-refractivity contribution in [2.75, 3.05) is 0 Å². The minimum atomic E-state index is 1.23. The van der Waals surface area contributed by atoms with Crippen molar-refractivity contribution in [1.29, 1.82) is 0 Å². The number of hydrogen-bond donors (Lipinski definition) is 0. The molecule has 7 aromatic carbocycles. The topological polar surface area (TPSA) is 0 Å². The summed E-state index contributed by atoms with van der Waals surface area (Å²) in [4.78, 5) is 0. The van der Waals surface area contributed by atoms with E-state index in [-0.39, 0.29) is 0 Å². The van der Waals surface area contributed by atoms with E-state index in [0.717, 1.165) is 0 Å². The fourth-order valence-corrected chi connectivity index (χ4v) is 6.62. The molecule has 0 heteroatoms. The molecule has 0 spiro atoms. The molecule has 0 aromatic heterocycles. The lowest BCUT2D eigenvalue weighted by molar-refractivity contribution is 1.54. The highest BCUT2D eigenvalue weighted by Crippen LogP contribution is 2.60. The van der Waals surface area contributed by atoms with Crippen molar-refractivity contribution < 1.29 is 0 Å². The first-order chi connectivity index (χ1) is 19.9. The molecule has 0 bridgehead atoms. The molecule has 40 heavy (non-hydrogen) atoms. The lowest BCUT2D eigenvalue weighted by Gasteiger charge is -2.26. The second kappa shape index (κ2) is 9.22. The van der Waals surface area contributed by atoms with Crippen molar-refractivity contribution in [2.45, 2.75) is 0 Å². The molecule has 0 saturated carbocycles. The monoisotopic (exact) mass is 506 g/mol. The van der Waals surface area contributed by atoms with Crippen molar-refractivity contribution in [1.82, 2.24) is 0 Å². The molecule has 0 aliphatic heterocycles. The third-order valence-corrected chi connectivity index (χ3v) is 8.19. The molecule has 8 rings (SSSR count). The standard InChI is InChI=1S/C40H26/c1-5-15-28(16-6-1)35-36(29-17-7-2-8-18-29)38(31-21-11-4-12-22-31)40-33-26-14-24-27-23-13-25-32(34(27)33)39(40)37(35)30-19-9-3-10-20-30/h1-26H. The predicted octanol–water partition coefficient (Wildman–Crippen LogP) is 11.2. The van der Waals surface area contributed by atoms with Crippen LogP contribution >= 0.6 is 0 Å². The van der Waals surface area contributed by atoms with E-state index in [0.29, 0.717) is 0 Å². The minimum absolute atomic E-state index is 1.23. The highest BCUT2D eigenvalue weighted by molar-refractivity contribution is 6.25. The Bertz CT molecular complexity index is 1860. The van der Waals surface area contributed by atoms with E-state index in [1.165, 1.54) is 77.5 Å². The van der Waals surface area contributed by atoms with Crippen LogP contribution in [-0.2, 0) is 0 Å². The van der Waals surface area contributed by atoms with Crippen LogP contribution in [0.1, 0.15) is 0 Å². The van der Waals surface area contributed by atoms with Gasteiger partial charge in [0.2, 0.25) is 0 Å². The van der Waals surface area contributed by atoms with Gasteiger partial charge >= 0.3 is 0 Å². The van der Waals surface area contributed by atoms with Gasteiger partial charge in [-0.1, -0.05) is 158 Å². The van der Waals surface area contributed by atoms with Gasteiger partial charge in [-0.05, 0) is 77.5 Å². The van der Waals surface area contributed by atoms with E-state index in [2.05, 4.69) is 158 Å². The van der Waals surface area contributed by atoms with Crippen LogP contribution in [0, 0.1) is 0 Å². The van der Waals surface area contributed by atoms with Gasteiger partial charge in [-0.3, -0.25) is 0 Å². The normalized spacial score (nSPS) is 11.5. The summed E-state index contributed by atoms with van der Waals surface area (Å²) < 4.78 is 0. The summed E-state index contributed by atoms with van der Waals surface area (Å²) >= 11 is 0. The Labute approximate surface area is 234 Å². The van der Waals surface area contributed by atoms with Crippen molar-refractivity contribution >= 4 is 10.8 Å². The highest BCUT2D eigenvalue weighted by Gasteiger charge is 2.33. The van der Waals surface area contributed by atoms with Crippen LogP contribution in [0.25, 0.3) is 77.5 Å². The van der Waals surface area contributed by atoms with Crippen LogP contribution in [0.4, 0.5) is 0 Å². The second-order valence-electron chi connectivity index (χ2n) is 10.4. The Morgan fingerprint density at radius 3 is 0.850 bits per heavy atom. The molecule has 0 N–H and O–H groups in total. The molecule has 1 aliphatic carbocycles. The maximum Gasteiger partial charge on any atom is -0.000719 e. The zero-order valence-corrected chi connectivity index (χ0v) is 22.0.